The van der Waals surface area contributed by atoms with Crippen LogP contribution in [0.1, 0.15) is 42.7 Å². The predicted molar refractivity (Wildman–Crippen MR) is 97.0 cm³/mol. The Morgan fingerprint density at radius 1 is 0.960 bits per heavy atom. The maximum absolute atomic E-state index is 12.3. The molecule has 0 atom stereocenters. The highest BCUT2D eigenvalue weighted by Crippen LogP contribution is 2.38. The minimum atomic E-state index is -3.36. The molecule has 1 fully saturated rings. The number of benzene rings is 2. The standard InChI is InChI=1S/C19H23NO4S/c21-17-10-11-18(19(22)12-17)15-6-8-16(9-7-15)20-25(23,24)13-14-4-2-1-3-5-14/h1-5,10-12,15-16,20-22H,6-9,13H2. The largest absolute Gasteiger partial charge is 0.508 e. The first-order valence-corrected chi connectivity index (χ1v) is 10.1. The fourth-order valence-corrected chi connectivity index (χ4v) is 4.95. The third-order valence-corrected chi connectivity index (χ3v) is 6.13. The second-order valence-electron chi connectivity index (χ2n) is 6.65. The van der Waals surface area contributed by atoms with E-state index in [0.29, 0.717) is 0 Å². The molecule has 3 N–H and O–H groups in total. The molecule has 1 aliphatic rings. The molecular weight excluding hydrogens is 338 g/mol. The lowest BCUT2D eigenvalue weighted by atomic mass is 9.81. The van der Waals surface area contributed by atoms with E-state index in [2.05, 4.69) is 4.72 Å². The van der Waals surface area contributed by atoms with Gasteiger partial charge in [0, 0.05) is 12.1 Å². The van der Waals surface area contributed by atoms with Crippen LogP contribution in [0.15, 0.2) is 48.5 Å². The lowest BCUT2D eigenvalue weighted by Gasteiger charge is -2.29. The Morgan fingerprint density at radius 3 is 2.28 bits per heavy atom. The molecule has 0 aliphatic heterocycles. The Kier molecular flexibility index (Phi) is 5.30. The Balaban J connectivity index is 1.57. The van der Waals surface area contributed by atoms with Gasteiger partial charge in [0.2, 0.25) is 10.0 Å². The zero-order valence-electron chi connectivity index (χ0n) is 13.9. The SMILES string of the molecule is O=S(=O)(Cc1ccccc1)NC1CCC(c2ccc(O)cc2O)CC1. The number of hydrogen-bond donors (Lipinski definition) is 3. The normalized spacial score (nSPS) is 21.1. The highest BCUT2D eigenvalue weighted by molar-refractivity contribution is 7.88. The smallest absolute Gasteiger partial charge is 0.216 e. The summed E-state index contributed by atoms with van der Waals surface area (Å²) in [5.41, 5.74) is 1.60. The van der Waals surface area contributed by atoms with Crippen molar-refractivity contribution in [1.82, 2.24) is 4.72 Å². The molecule has 1 saturated carbocycles. The summed E-state index contributed by atoms with van der Waals surface area (Å²) >= 11 is 0. The van der Waals surface area contributed by atoms with E-state index in [4.69, 9.17) is 0 Å². The molecule has 2 aromatic rings. The van der Waals surface area contributed by atoms with Crippen LogP contribution in [0, 0.1) is 0 Å². The van der Waals surface area contributed by atoms with Crippen LogP contribution in [0.2, 0.25) is 0 Å². The van der Waals surface area contributed by atoms with Crippen molar-refractivity contribution in [3.05, 3.63) is 59.7 Å². The number of sulfonamides is 1. The third kappa shape index (κ3) is 4.74. The van der Waals surface area contributed by atoms with Gasteiger partial charge < -0.3 is 10.2 Å². The molecule has 0 heterocycles. The van der Waals surface area contributed by atoms with Crippen LogP contribution in [0.5, 0.6) is 11.5 Å². The maximum Gasteiger partial charge on any atom is 0.216 e. The molecule has 0 radical (unpaired) electrons. The average molecular weight is 361 g/mol. The van der Waals surface area contributed by atoms with Crippen molar-refractivity contribution in [3.63, 3.8) is 0 Å². The fourth-order valence-electron chi connectivity index (χ4n) is 3.49. The molecule has 6 heteroatoms. The summed E-state index contributed by atoms with van der Waals surface area (Å²) in [6, 6.07) is 13.8. The van der Waals surface area contributed by atoms with Crippen molar-refractivity contribution >= 4 is 10.0 Å². The molecule has 0 aromatic heterocycles. The zero-order chi connectivity index (χ0) is 17.9. The molecule has 0 saturated heterocycles. The minimum Gasteiger partial charge on any atom is -0.508 e. The minimum absolute atomic E-state index is 0.00742. The monoisotopic (exact) mass is 361 g/mol. The summed E-state index contributed by atoms with van der Waals surface area (Å²) in [4.78, 5) is 0. The highest BCUT2D eigenvalue weighted by Gasteiger charge is 2.27. The number of aromatic hydroxyl groups is 2. The molecule has 0 amide bonds. The molecule has 1 aliphatic carbocycles. The van der Waals surface area contributed by atoms with E-state index in [9.17, 15) is 18.6 Å². The van der Waals surface area contributed by atoms with Gasteiger partial charge in [-0.15, -0.1) is 0 Å². The average Bonchev–Trinajstić information content (AvgIpc) is 2.56. The molecule has 2 aromatic carbocycles. The van der Waals surface area contributed by atoms with Gasteiger partial charge in [-0.3, -0.25) is 0 Å². The zero-order valence-corrected chi connectivity index (χ0v) is 14.7. The van der Waals surface area contributed by atoms with Crippen LogP contribution in [-0.2, 0) is 15.8 Å². The fraction of sp³-hybridized carbons (Fsp3) is 0.368. The van der Waals surface area contributed by atoms with Crippen molar-refractivity contribution in [1.29, 1.82) is 0 Å². The Bertz CT molecular complexity index is 813. The molecule has 0 unspecified atom stereocenters. The van der Waals surface area contributed by atoms with Gasteiger partial charge in [0.25, 0.3) is 0 Å². The van der Waals surface area contributed by atoms with E-state index in [1.165, 1.54) is 6.07 Å². The molecule has 5 nitrogen and oxygen atoms in total. The quantitative estimate of drug-likeness (QED) is 0.763. The molecule has 134 valence electrons. The van der Waals surface area contributed by atoms with Crippen LogP contribution in [0.3, 0.4) is 0 Å². The van der Waals surface area contributed by atoms with Gasteiger partial charge in [-0.05, 0) is 48.8 Å². The topological polar surface area (TPSA) is 86.6 Å². The van der Waals surface area contributed by atoms with Gasteiger partial charge in [-0.1, -0.05) is 36.4 Å². The number of phenols is 2. The van der Waals surface area contributed by atoms with Gasteiger partial charge in [0.1, 0.15) is 11.5 Å². The van der Waals surface area contributed by atoms with Crippen molar-refractivity contribution < 1.29 is 18.6 Å². The van der Waals surface area contributed by atoms with Crippen LogP contribution in [-0.4, -0.2) is 24.7 Å². The lowest BCUT2D eigenvalue weighted by Crippen LogP contribution is -2.38. The summed E-state index contributed by atoms with van der Waals surface area (Å²) in [6.07, 6.45) is 3.08. The maximum atomic E-state index is 12.3. The number of rotatable bonds is 5. The summed E-state index contributed by atoms with van der Waals surface area (Å²) in [7, 11) is -3.36. The van der Waals surface area contributed by atoms with Crippen LogP contribution < -0.4 is 4.72 Å². The third-order valence-electron chi connectivity index (χ3n) is 4.73. The van der Waals surface area contributed by atoms with E-state index in [1.807, 2.05) is 30.3 Å². The van der Waals surface area contributed by atoms with Gasteiger partial charge >= 0.3 is 0 Å². The highest BCUT2D eigenvalue weighted by atomic mass is 32.2. The Labute approximate surface area is 148 Å². The lowest BCUT2D eigenvalue weighted by molar-refractivity contribution is 0.362. The van der Waals surface area contributed by atoms with Crippen molar-refractivity contribution in [2.45, 2.75) is 43.4 Å². The Morgan fingerprint density at radius 2 is 1.64 bits per heavy atom. The summed E-state index contributed by atoms with van der Waals surface area (Å²) < 4.78 is 27.5. The molecule has 25 heavy (non-hydrogen) atoms. The predicted octanol–water partition coefficient (Wildman–Crippen LogP) is 3.24. The molecule has 0 spiro atoms. The van der Waals surface area contributed by atoms with Gasteiger partial charge in [-0.25, -0.2) is 13.1 Å². The van der Waals surface area contributed by atoms with E-state index in [-0.39, 0.29) is 29.2 Å². The van der Waals surface area contributed by atoms with Crippen LogP contribution in [0.25, 0.3) is 0 Å². The van der Waals surface area contributed by atoms with Gasteiger partial charge in [0.05, 0.1) is 5.75 Å². The first-order valence-electron chi connectivity index (χ1n) is 8.49. The first-order chi connectivity index (χ1) is 11.9. The second-order valence-corrected chi connectivity index (χ2v) is 8.41. The second kappa shape index (κ2) is 7.45. The number of nitrogens with one attached hydrogen (secondary N) is 1. The van der Waals surface area contributed by atoms with E-state index < -0.39 is 10.0 Å². The molecule has 0 bridgehead atoms. The molecule has 3 rings (SSSR count). The Hall–Kier alpha value is -2.05. The molecular formula is C19H23NO4S. The summed E-state index contributed by atoms with van der Waals surface area (Å²) in [6.45, 7) is 0. The summed E-state index contributed by atoms with van der Waals surface area (Å²) in [5.74, 6) is 0.333. The van der Waals surface area contributed by atoms with Crippen LogP contribution >= 0.6 is 0 Å². The van der Waals surface area contributed by atoms with Crippen molar-refractivity contribution in [2.75, 3.05) is 0 Å². The van der Waals surface area contributed by atoms with Gasteiger partial charge in [0.15, 0.2) is 0 Å². The van der Waals surface area contributed by atoms with Crippen LogP contribution in [0.4, 0.5) is 0 Å². The van der Waals surface area contributed by atoms with Crippen molar-refractivity contribution in [2.24, 2.45) is 0 Å². The number of phenolic OH excluding ortho intramolecular Hbond substituents is 2. The van der Waals surface area contributed by atoms with Gasteiger partial charge in [-0.2, -0.15) is 0 Å². The first kappa shape index (κ1) is 17.8. The van der Waals surface area contributed by atoms with E-state index >= 15 is 0 Å². The number of hydrogen-bond acceptors (Lipinski definition) is 4. The van der Waals surface area contributed by atoms with E-state index in [1.54, 1.807) is 12.1 Å². The summed E-state index contributed by atoms with van der Waals surface area (Å²) in [5, 5.41) is 19.4. The van der Waals surface area contributed by atoms with Crippen molar-refractivity contribution in [3.8, 4) is 11.5 Å². The van der Waals surface area contributed by atoms with E-state index in [0.717, 1.165) is 36.8 Å².